The van der Waals surface area contributed by atoms with E-state index in [-0.39, 0.29) is 0 Å². The average molecular weight is 330 g/mol. The molecule has 0 bridgehead atoms. The molecule has 0 aliphatic heterocycles. The molecule has 6 nitrogen and oxygen atoms in total. The Morgan fingerprint density at radius 3 is 1.79 bits per heavy atom. The molecule has 0 amide bonds. The molecule has 0 radical (unpaired) electrons. The number of hydrogen-bond donors (Lipinski definition) is 1. The van der Waals surface area contributed by atoms with Gasteiger partial charge in [-0.3, -0.25) is 4.79 Å². The van der Waals surface area contributed by atoms with Crippen LogP contribution < -0.4 is 0 Å². The first-order valence-electron chi connectivity index (χ1n) is 6.99. The van der Waals surface area contributed by atoms with Crippen LogP contribution >= 0.6 is 0 Å². The lowest BCUT2D eigenvalue weighted by Gasteiger charge is -2.07. The molecule has 2 aromatic carbocycles. The summed E-state index contributed by atoms with van der Waals surface area (Å²) in [5.74, 6) is -2.08. The summed E-state index contributed by atoms with van der Waals surface area (Å²) in [6.45, 7) is 0. The minimum absolute atomic E-state index is 0.351. The molecule has 6 heteroatoms. The minimum Gasteiger partial charge on any atom is -0.467 e. The normalized spacial score (nSPS) is 10.6. The number of methoxy groups -OCH3 is 2. The van der Waals surface area contributed by atoms with Crippen LogP contribution in [0.3, 0.4) is 0 Å². The molecular formula is C18H18O6. The maximum atomic E-state index is 11.1. The molecule has 0 saturated carbocycles. The highest BCUT2D eigenvalue weighted by atomic mass is 16.5. The van der Waals surface area contributed by atoms with E-state index in [1.807, 2.05) is 6.07 Å². The van der Waals surface area contributed by atoms with Gasteiger partial charge in [0.25, 0.3) is 5.78 Å². The zero-order valence-electron chi connectivity index (χ0n) is 13.3. The topological polar surface area (TPSA) is 89.9 Å². The first kappa shape index (κ1) is 19.1. The number of esters is 2. The maximum Gasteiger partial charge on any atom is 0.379 e. The van der Waals surface area contributed by atoms with E-state index in [9.17, 15) is 19.5 Å². The molecule has 1 unspecified atom stereocenters. The standard InChI is InChI=1S/C9H10O3.C9H8O3/c2*1-12-9(11)8(10)7-5-3-2-4-6-7/h2-6,8,10H,1H3;2-6H,1H3. The lowest BCUT2D eigenvalue weighted by molar-refractivity contribution is -0.150. The van der Waals surface area contributed by atoms with E-state index >= 15 is 0 Å². The Balaban J connectivity index is 0.000000240. The van der Waals surface area contributed by atoms with Crippen molar-refractivity contribution in [3.63, 3.8) is 0 Å². The number of ketones is 1. The van der Waals surface area contributed by atoms with Crippen molar-refractivity contribution in [2.45, 2.75) is 6.10 Å². The third kappa shape index (κ3) is 5.66. The van der Waals surface area contributed by atoms with E-state index in [1.165, 1.54) is 14.2 Å². The quantitative estimate of drug-likeness (QED) is 0.523. The molecule has 0 aliphatic carbocycles. The van der Waals surface area contributed by atoms with E-state index in [1.54, 1.807) is 54.6 Å². The van der Waals surface area contributed by atoms with Crippen LogP contribution in [0.15, 0.2) is 60.7 Å². The number of rotatable bonds is 4. The second-order valence-electron chi connectivity index (χ2n) is 4.52. The fourth-order valence-corrected chi connectivity index (χ4v) is 1.68. The van der Waals surface area contributed by atoms with Gasteiger partial charge in [-0.15, -0.1) is 0 Å². The number of aliphatic hydroxyl groups excluding tert-OH is 1. The molecule has 0 spiro atoms. The molecule has 0 aromatic heterocycles. The van der Waals surface area contributed by atoms with Crippen LogP contribution in [0.5, 0.6) is 0 Å². The first-order chi connectivity index (χ1) is 11.5. The lowest BCUT2D eigenvalue weighted by Crippen LogP contribution is -2.15. The summed E-state index contributed by atoms with van der Waals surface area (Å²) < 4.78 is 8.66. The third-order valence-electron chi connectivity index (χ3n) is 2.95. The van der Waals surface area contributed by atoms with Crippen molar-refractivity contribution in [2.75, 3.05) is 14.2 Å². The van der Waals surface area contributed by atoms with E-state index in [4.69, 9.17) is 0 Å². The largest absolute Gasteiger partial charge is 0.467 e. The van der Waals surface area contributed by atoms with Crippen molar-refractivity contribution in [2.24, 2.45) is 0 Å². The number of aliphatic hydroxyl groups is 1. The van der Waals surface area contributed by atoms with Gasteiger partial charge in [-0.1, -0.05) is 60.7 Å². The van der Waals surface area contributed by atoms with Crippen molar-refractivity contribution in [1.82, 2.24) is 0 Å². The molecule has 2 rings (SSSR count). The summed E-state index contributed by atoms with van der Waals surface area (Å²) >= 11 is 0. The maximum absolute atomic E-state index is 11.1. The highest BCUT2D eigenvalue weighted by molar-refractivity contribution is 6.40. The van der Waals surface area contributed by atoms with Crippen molar-refractivity contribution >= 4 is 17.7 Å². The average Bonchev–Trinajstić information content (AvgIpc) is 2.67. The SMILES string of the molecule is COC(=O)C(=O)c1ccccc1.COC(=O)C(O)c1ccccc1. The Labute approximate surface area is 139 Å². The fourth-order valence-electron chi connectivity index (χ4n) is 1.68. The predicted molar refractivity (Wildman–Crippen MR) is 86.2 cm³/mol. The Bertz CT molecular complexity index is 666. The molecule has 1 N–H and O–H groups in total. The van der Waals surface area contributed by atoms with E-state index in [0.29, 0.717) is 11.1 Å². The van der Waals surface area contributed by atoms with Gasteiger partial charge in [0.1, 0.15) is 0 Å². The van der Waals surface area contributed by atoms with Gasteiger partial charge in [-0.05, 0) is 5.56 Å². The predicted octanol–water partition coefficient (Wildman–Crippen LogP) is 1.94. The second kappa shape index (κ2) is 9.91. The zero-order valence-corrected chi connectivity index (χ0v) is 13.3. The van der Waals surface area contributed by atoms with Gasteiger partial charge in [0.05, 0.1) is 14.2 Å². The summed E-state index contributed by atoms with van der Waals surface area (Å²) in [5, 5.41) is 9.31. The van der Waals surface area contributed by atoms with Crippen LogP contribution in [0.1, 0.15) is 22.0 Å². The number of carbonyl (C=O) groups excluding carboxylic acids is 3. The molecule has 2 aromatic rings. The van der Waals surface area contributed by atoms with Crippen LogP contribution in [-0.2, 0) is 19.1 Å². The monoisotopic (exact) mass is 330 g/mol. The highest BCUT2D eigenvalue weighted by Crippen LogP contribution is 2.12. The molecular weight excluding hydrogens is 312 g/mol. The van der Waals surface area contributed by atoms with Crippen molar-refractivity contribution in [1.29, 1.82) is 0 Å². The summed E-state index contributed by atoms with van der Waals surface area (Å²) in [6.07, 6.45) is -1.17. The fraction of sp³-hybridized carbons (Fsp3) is 0.167. The van der Waals surface area contributed by atoms with Gasteiger partial charge < -0.3 is 14.6 Å². The molecule has 0 saturated heterocycles. The first-order valence-corrected chi connectivity index (χ1v) is 6.99. The highest BCUT2D eigenvalue weighted by Gasteiger charge is 2.16. The Morgan fingerprint density at radius 1 is 0.833 bits per heavy atom. The smallest absolute Gasteiger partial charge is 0.379 e. The van der Waals surface area contributed by atoms with Crippen LogP contribution in [-0.4, -0.2) is 37.0 Å². The Morgan fingerprint density at radius 2 is 1.33 bits per heavy atom. The van der Waals surface area contributed by atoms with Gasteiger partial charge in [-0.2, -0.15) is 0 Å². The summed E-state index contributed by atoms with van der Waals surface area (Å²) in [4.78, 5) is 32.7. The van der Waals surface area contributed by atoms with Gasteiger partial charge >= 0.3 is 11.9 Å². The van der Waals surface area contributed by atoms with Crippen LogP contribution in [0.2, 0.25) is 0 Å². The van der Waals surface area contributed by atoms with Gasteiger partial charge in [0.15, 0.2) is 6.10 Å². The molecule has 24 heavy (non-hydrogen) atoms. The summed E-state index contributed by atoms with van der Waals surface area (Å²) in [7, 11) is 2.43. The second-order valence-corrected chi connectivity index (χ2v) is 4.52. The van der Waals surface area contributed by atoms with Crippen molar-refractivity contribution in [3.05, 3.63) is 71.8 Å². The van der Waals surface area contributed by atoms with E-state index in [2.05, 4.69) is 9.47 Å². The summed E-state index contributed by atoms with van der Waals surface area (Å²) in [5.41, 5.74) is 0.897. The molecule has 0 aliphatic rings. The zero-order chi connectivity index (χ0) is 17.9. The Kier molecular flexibility index (Phi) is 7.87. The number of Topliss-reactive ketones (excluding diaryl/α,β-unsaturated/α-hetero) is 1. The van der Waals surface area contributed by atoms with Crippen LogP contribution in [0.4, 0.5) is 0 Å². The van der Waals surface area contributed by atoms with Crippen molar-refractivity contribution in [3.8, 4) is 0 Å². The number of ether oxygens (including phenoxy) is 2. The molecule has 1 atom stereocenters. The van der Waals surface area contributed by atoms with Crippen molar-refractivity contribution < 1.29 is 29.0 Å². The number of carbonyl (C=O) groups is 3. The minimum atomic E-state index is -1.17. The molecule has 0 heterocycles. The van der Waals surface area contributed by atoms with Gasteiger partial charge in [0.2, 0.25) is 0 Å². The van der Waals surface area contributed by atoms with Gasteiger partial charge in [-0.25, -0.2) is 9.59 Å². The number of hydrogen-bond acceptors (Lipinski definition) is 6. The van der Waals surface area contributed by atoms with Gasteiger partial charge in [0, 0.05) is 5.56 Å². The number of benzene rings is 2. The summed E-state index contributed by atoms with van der Waals surface area (Å²) in [6, 6.07) is 16.9. The third-order valence-corrected chi connectivity index (χ3v) is 2.95. The van der Waals surface area contributed by atoms with Crippen LogP contribution in [0.25, 0.3) is 0 Å². The Hall–Kier alpha value is -2.99. The molecule has 126 valence electrons. The van der Waals surface area contributed by atoms with Crippen LogP contribution in [0, 0.1) is 0 Å². The lowest BCUT2D eigenvalue weighted by atomic mass is 10.1. The molecule has 0 fully saturated rings. The van der Waals surface area contributed by atoms with E-state index in [0.717, 1.165) is 0 Å². The van der Waals surface area contributed by atoms with E-state index < -0.39 is 23.8 Å².